The molecule has 2 fully saturated rings. The molecule has 7 nitrogen and oxygen atoms in total. The fourth-order valence-corrected chi connectivity index (χ4v) is 3.44. The fraction of sp³-hybridized carbons (Fsp3) is 0.588. The van der Waals surface area contributed by atoms with E-state index in [4.69, 9.17) is 14.2 Å². The van der Waals surface area contributed by atoms with E-state index in [1.54, 1.807) is 0 Å². The second-order valence-electron chi connectivity index (χ2n) is 6.59. The van der Waals surface area contributed by atoms with Crippen molar-refractivity contribution in [2.75, 3.05) is 13.4 Å². The van der Waals surface area contributed by atoms with Crippen molar-refractivity contribution in [2.24, 2.45) is 0 Å². The van der Waals surface area contributed by atoms with Gasteiger partial charge in [0.15, 0.2) is 11.5 Å². The summed E-state index contributed by atoms with van der Waals surface area (Å²) >= 11 is 0. The third-order valence-corrected chi connectivity index (χ3v) is 4.80. The molecule has 2 atom stereocenters. The van der Waals surface area contributed by atoms with E-state index in [0.717, 1.165) is 24.3 Å². The summed E-state index contributed by atoms with van der Waals surface area (Å²) in [6.45, 7) is 0.741. The first-order chi connectivity index (χ1) is 11.8. The lowest BCUT2D eigenvalue weighted by Gasteiger charge is -2.15. The van der Waals surface area contributed by atoms with Crippen LogP contribution >= 0.6 is 0 Å². The summed E-state index contributed by atoms with van der Waals surface area (Å²) in [6.07, 6.45) is 5.34. The highest BCUT2D eigenvalue weighted by Crippen LogP contribution is 2.35. The number of hydrazine groups is 1. The number of hydrogen-bond acceptors (Lipinski definition) is 6. The molecule has 3 N–H and O–H groups in total. The van der Waals surface area contributed by atoms with Crippen LogP contribution in [0.2, 0.25) is 0 Å². The number of amides is 1. The van der Waals surface area contributed by atoms with Gasteiger partial charge >= 0.3 is 0 Å². The van der Waals surface area contributed by atoms with Gasteiger partial charge in [0.2, 0.25) is 12.7 Å². The monoisotopic (exact) mass is 333 g/mol. The van der Waals surface area contributed by atoms with Crippen LogP contribution in [0, 0.1) is 0 Å². The number of fused-ring (bicyclic) bond motifs is 1. The molecule has 0 aromatic heterocycles. The molecule has 0 radical (unpaired) electrons. The fourth-order valence-electron chi connectivity index (χ4n) is 3.44. The van der Waals surface area contributed by atoms with E-state index < -0.39 is 0 Å². The normalized spacial score (nSPS) is 25.8. The highest BCUT2D eigenvalue weighted by molar-refractivity contribution is 5.82. The maximum Gasteiger partial charge on any atom is 0.238 e. The van der Waals surface area contributed by atoms with Gasteiger partial charge in [-0.2, -0.15) is 0 Å². The standard InChI is InChI=1S/C17H23N3O4/c21-17(18-11-3-1-2-4-11)14-7-12(19-20-14)9-22-13-5-6-15-16(8-13)24-10-23-15/h5-6,8,11-12,14,19-20H,1-4,7,9-10H2,(H,18,21). The number of carbonyl (C=O) groups is 1. The highest BCUT2D eigenvalue weighted by atomic mass is 16.7. The molecule has 1 aliphatic carbocycles. The van der Waals surface area contributed by atoms with Gasteiger partial charge in [-0.05, 0) is 31.4 Å². The van der Waals surface area contributed by atoms with E-state index in [-0.39, 0.29) is 24.8 Å². The van der Waals surface area contributed by atoms with Gasteiger partial charge in [0.1, 0.15) is 18.4 Å². The molecular weight excluding hydrogens is 310 g/mol. The Bertz CT molecular complexity index is 603. The van der Waals surface area contributed by atoms with Gasteiger partial charge in [0.05, 0.1) is 6.04 Å². The van der Waals surface area contributed by atoms with Gasteiger partial charge in [-0.25, -0.2) is 5.43 Å². The largest absolute Gasteiger partial charge is 0.492 e. The van der Waals surface area contributed by atoms with E-state index in [9.17, 15) is 4.79 Å². The summed E-state index contributed by atoms with van der Waals surface area (Å²) in [5.74, 6) is 2.27. The van der Waals surface area contributed by atoms with Crippen molar-refractivity contribution < 1.29 is 19.0 Å². The van der Waals surface area contributed by atoms with E-state index in [2.05, 4.69) is 16.2 Å². The van der Waals surface area contributed by atoms with Crippen molar-refractivity contribution in [2.45, 2.75) is 50.2 Å². The van der Waals surface area contributed by atoms with E-state index in [1.807, 2.05) is 18.2 Å². The minimum absolute atomic E-state index is 0.0833. The molecule has 1 saturated carbocycles. The second kappa shape index (κ2) is 6.86. The van der Waals surface area contributed by atoms with Crippen molar-refractivity contribution in [3.63, 3.8) is 0 Å². The first-order valence-electron chi connectivity index (χ1n) is 8.62. The van der Waals surface area contributed by atoms with Crippen LogP contribution in [0.4, 0.5) is 0 Å². The topological polar surface area (TPSA) is 80.9 Å². The third-order valence-electron chi connectivity index (χ3n) is 4.80. The lowest BCUT2D eigenvalue weighted by molar-refractivity contribution is -0.123. The summed E-state index contributed by atoms with van der Waals surface area (Å²) in [5, 5.41) is 3.13. The Balaban J connectivity index is 1.24. The molecule has 24 heavy (non-hydrogen) atoms. The zero-order chi connectivity index (χ0) is 16.4. The molecule has 2 heterocycles. The molecule has 1 amide bonds. The first-order valence-corrected chi connectivity index (χ1v) is 8.62. The lowest BCUT2D eigenvalue weighted by atomic mass is 10.1. The predicted octanol–water partition coefficient (Wildman–Crippen LogP) is 1.09. The maximum absolute atomic E-state index is 12.3. The van der Waals surface area contributed by atoms with Crippen LogP contribution in [0.3, 0.4) is 0 Å². The van der Waals surface area contributed by atoms with E-state index in [0.29, 0.717) is 24.8 Å². The molecule has 2 aliphatic heterocycles. The van der Waals surface area contributed by atoms with Crippen LogP contribution in [0.5, 0.6) is 17.2 Å². The zero-order valence-corrected chi connectivity index (χ0v) is 13.5. The van der Waals surface area contributed by atoms with Crippen molar-refractivity contribution >= 4 is 5.91 Å². The van der Waals surface area contributed by atoms with Crippen LogP contribution in [0.25, 0.3) is 0 Å². The first kappa shape index (κ1) is 15.5. The number of benzene rings is 1. The number of carbonyl (C=O) groups excluding carboxylic acids is 1. The molecule has 0 spiro atoms. The van der Waals surface area contributed by atoms with Crippen molar-refractivity contribution in [3.05, 3.63) is 18.2 Å². The Morgan fingerprint density at radius 1 is 1.21 bits per heavy atom. The summed E-state index contributed by atoms with van der Waals surface area (Å²) in [4.78, 5) is 12.3. The zero-order valence-electron chi connectivity index (χ0n) is 13.5. The van der Waals surface area contributed by atoms with Crippen LogP contribution in [0.15, 0.2) is 18.2 Å². The average Bonchev–Trinajstić information content (AvgIpc) is 3.33. The minimum atomic E-state index is -0.198. The number of hydrogen-bond donors (Lipinski definition) is 3. The molecule has 1 aromatic rings. The quantitative estimate of drug-likeness (QED) is 0.748. The van der Waals surface area contributed by atoms with Gasteiger partial charge < -0.3 is 19.5 Å². The summed E-state index contributed by atoms with van der Waals surface area (Å²) in [6, 6.07) is 5.78. The highest BCUT2D eigenvalue weighted by Gasteiger charge is 2.31. The lowest BCUT2D eigenvalue weighted by Crippen LogP contribution is -2.46. The molecule has 0 bridgehead atoms. The maximum atomic E-state index is 12.3. The Morgan fingerprint density at radius 2 is 2.04 bits per heavy atom. The minimum Gasteiger partial charge on any atom is -0.492 e. The van der Waals surface area contributed by atoms with Crippen LogP contribution < -0.4 is 30.4 Å². The predicted molar refractivity (Wildman–Crippen MR) is 86.9 cm³/mol. The van der Waals surface area contributed by atoms with Crippen molar-refractivity contribution in [3.8, 4) is 17.2 Å². The van der Waals surface area contributed by atoms with Crippen molar-refractivity contribution in [1.82, 2.24) is 16.2 Å². The number of ether oxygens (including phenoxy) is 3. The van der Waals surface area contributed by atoms with Gasteiger partial charge in [-0.1, -0.05) is 12.8 Å². The van der Waals surface area contributed by atoms with Gasteiger partial charge in [0.25, 0.3) is 0 Å². The molecule has 2 unspecified atom stereocenters. The van der Waals surface area contributed by atoms with Crippen LogP contribution in [0.1, 0.15) is 32.1 Å². The third kappa shape index (κ3) is 3.42. The van der Waals surface area contributed by atoms with Crippen LogP contribution in [-0.4, -0.2) is 37.4 Å². The Hall–Kier alpha value is -1.99. The molecule has 4 rings (SSSR count). The van der Waals surface area contributed by atoms with E-state index in [1.165, 1.54) is 12.8 Å². The molecule has 7 heteroatoms. The van der Waals surface area contributed by atoms with Gasteiger partial charge in [0, 0.05) is 12.1 Å². The molecular formula is C17H23N3O4. The summed E-state index contributed by atoms with van der Waals surface area (Å²) in [5.41, 5.74) is 6.21. The Labute approximate surface area is 141 Å². The Morgan fingerprint density at radius 3 is 2.92 bits per heavy atom. The molecule has 130 valence electrons. The summed E-state index contributed by atoms with van der Waals surface area (Å²) in [7, 11) is 0. The average molecular weight is 333 g/mol. The Kier molecular flexibility index (Phi) is 4.44. The van der Waals surface area contributed by atoms with Crippen molar-refractivity contribution in [1.29, 1.82) is 0 Å². The second-order valence-corrected chi connectivity index (χ2v) is 6.59. The van der Waals surface area contributed by atoms with Gasteiger partial charge in [-0.15, -0.1) is 0 Å². The summed E-state index contributed by atoms with van der Waals surface area (Å²) < 4.78 is 16.4. The molecule has 3 aliphatic rings. The molecule has 1 aromatic carbocycles. The van der Waals surface area contributed by atoms with E-state index >= 15 is 0 Å². The van der Waals surface area contributed by atoms with Gasteiger partial charge in [-0.3, -0.25) is 10.2 Å². The number of rotatable bonds is 5. The molecule has 1 saturated heterocycles. The SMILES string of the molecule is O=C(NC1CCCC1)C1CC(COc2ccc3c(c2)OCO3)NN1. The smallest absolute Gasteiger partial charge is 0.238 e. The number of nitrogens with one attached hydrogen (secondary N) is 3. The van der Waals surface area contributed by atoms with Crippen LogP contribution in [-0.2, 0) is 4.79 Å².